The second-order valence-corrected chi connectivity index (χ2v) is 13.6. The third-order valence-electron chi connectivity index (χ3n) is 10.6. The zero-order chi connectivity index (χ0) is 35.0. The van der Waals surface area contributed by atoms with Crippen molar-refractivity contribution in [2.24, 2.45) is 0 Å². The van der Waals surface area contributed by atoms with Crippen LogP contribution in [0.2, 0.25) is 0 Å². The lowest BCUT2D eigenvalue weighted by molar-refractivity contribution is 0.663. The Morgan fingerprint density at radius 2 is 1.08 bits per heavy atom. The summed E-state index contributed by atoms with van der Waals surface area (Å²) in [5.74, 6) is 0.789. The first-order chi connectivity index (χ1) is 26.3. The van der Waals surface area contributed by atoms with Gasteiger partial charge in [0.1, 0.15) is 5.58 Å². The summed E-state index contributed by atoms with van der Waals surface area (Å²) in [6, 6.07) is 52.0. The Labute approximate surface area is 304 Å². The molecular weight excluding hydrogens is 649 g/mol. The zero-order valence-corrected chi connectivity index (χ0v) is 28.9. The van der Waals surface area contributed by atoms with Crippen molar-refractivity contribution in [2.75, 3.05) is 0 Å². The molecular formula is C48H32N4O. The molecule has 53 heavy (non-hydrogen) atoms. The summed E-state index contributed by atoms with van der Waals surface area (Å²) in [6.45, 7) is 2.04. The smallest absolute Gasteiger partial charge is 0.181 e. The summed E-state index contributed by atoms with van der Waals surface area (Å²) in [7, 11) is 0. The van der Waals surface area contributed by atoms with Gasteiger partial charge in [-0.15, -0.1) is 0 Å². The van der Waals surface area contributed by atoms with Crippen LogP contribution in [0.5, 0.6) is 0 Å². The second kappa shape index (κ2) is 11.5. The van der Waals surface area contributed by atoms with E-state index in [4.69, 9.17) is 9.40 Å². The third-order valence-corrected chi connectivity index (χ3v) is 10.6. The van der Waals surface area contributed by atoms with Gasteiger partial charge in [-0.1, -0.05) is 91.0 Å². The third kappa shape index (κ3) is 4.34. The molecule has 0 fully saturated rings. The van der Waals surface area contributed by atoms with Crippen molar-refractivity contribution in [3.63, 3.8) is 0 Å². The molecule has 11 rings (SSSR count). The average Bonchev–Trinajstić information content (AvgIpc) is 3.95. The first-order valence-corrected chi connectivity index (χ1v) is 18.0. The fourth-order valence-electron chi connectivity index (χ4n) is 8.37. The van der Waals surface area contributed by atoms with E-state index < -0.39 is 0 Å². The van der Waals surface area contributed by atoms with Crippen LogP contribution in [0, 0.1) is 0 Å². The van der Waals surface area contributed by atoms with Crippen molar-refractivity contribution >= 4 is 82.5 Å². The Balaban J connectivity index is 1.11. The molecule has 0 unspecified atom stereocenters. The van der Waals surface area contributed by atoms with Gasteiger partial charge < -0.3 is 13.6 Å². The summed E-state index contributed by atoms with van der Waals surface area (Å²) in [5, 5.41) is 8.15. The molecule has 0 saturated heterocycles. The van der Waals surface area contributed by atoms with Crippen LogP contribution in [0.1, 0.15) is 12.6 Å². The van der Waals surface area contributed by atoms with E-state index in [1.807, 2.05) is 13.1 Å². The van der Waals surface area contributed by atoms with E-state index >= 15 is 0 Å². The summed E-state index contributed by atoms with van der Waals surface area (Å²) in [5.41, 5.74) is 10.6. The minimum Gasteiger partial charge on any atom is -0.452 e. The predicted molar refractivity (Wildman–Crippen MR) is 221 cm³/mol. The molecule has 0 aliphatic carbocycles. The van der Waals surface area contributed by atoms with Crippen molar-refractivity contribution in [1.29, 1.82) is 0 Å². The number of benzene rings is 6. The quantitative estimate of drug-likeness (QED) is 0.170. The predicted octanol–water partition coefficient (Wildman–Crippen LogP) is 12.7. The Kier molecular flexibility index (Phi) is 6.40. The number of nitrogens with zero attached hydrogens (tertiary/aromatic N) is 4. The first kappa shape index (κ1) is 29.6. The van der Waals surface area contributed by atoms with E-state index in [0.29, 0.717) is 0 Å². The molecule has 0 aliphatic rings. The van der Waals surface area contributed by atoms with Crippen LogP contribution in [-0.4, -0.2) is 18.7 Å². The standard InChI is InChI=1S/C48H32N4O/c1-2-3-4-13-32-28-31-29-33(51-42-18-9-5-14-35(42)36-15-6-10-19-43(36)51)22-24-41(31)50(32)34-23-25-46-40(30-34)39-26-27-49-48(47(39)53-46)52-44-20-11-7-16-37(44)38-17-8-12-21-45(38)52/h2-30H,1H3/b3-2-,13-4-. The zero-order valence-electron chi connectivity index (χ0n) is 28.9. The number of para-hydroxylation sites is 4. The van der Waals surface area contributed by atoms with E-state index in [0.717, 1.165) is 61.4 Å². The maximum absolute atomic E-state index is 6.68. The molecule has 0 saturated carbocycles. The van der Waals surface area contributed by atoms with Crippen LogP contribution in [0.25, 0.3) is 99.7 Å². The van der Waals surface area contributed by atoms with Crippen molar-refractivity contribution in [1.82, 2.24) is 18.7 Å². The summed E-state index contributed by atoms with van der Waals surface area (Å²) < 4.78 is 13.6. The molecule has 6 aromatic carbocycles. The van der Waals surface area contributed by atoms with E-state index in [9.17, 15) is 0 Å². The van der Waals surface area contributed by atoms with Gasteiger partial charge >= 0.3 is 0 Å². The molecule has 0 spiro atoms. The molecule has 0 bridgehead atoms. The maximum atomic E-state index is 6.68. The minimum absolute atomic E-state index is 0.771. The van der Waals surface area contributed by atoms with E-state index in [1.54, 1.807) is 0 Å². The van der Waals surface area contributed by atoms with Gasteiger partial charge in [0.2, 0.25) is 0 Å². The van der Waals surface area contributed by atoms with Crippen LogP contribution < -0.4 is 0 Å². The monoisotopic (exact) mass is 680 g/mol. The van der Waals surface area contributed by atoms with Crippen molar-refractivity contribution in [3.05, 3.63) is 176 Å². The van der Waals surface area contributed by atoms with Gasteiger partial charge in [0.25, 0.3) is 0 Å². The lowest BCUT2D eigenvalue weighted by Gasteiger charge is -2.11. The molecule has 0 N–H and O–H groups in total. The SMILES string of the molecule is C/C=C\C=C/c1cc2cc(-n3c4ccccc4c4ccccc43)ccc2n1-c1ccc2oc3c(-n4c5ccccc5c5ccccc54)nccc3c2c1. The Morgan fingerprint density at radius 3 is 1.72 bits per heavy atom. The van der Waals surface area contributed by atoms with Gasteiger partial charge in [0, 0.05) is 61.0 Å². The van der Waals surface area contributed by atoms with Gasteiger partial charge in [-0.25, -0.2) is 4.98 Å². The van der Waals surface area contributed by atoms with Crippen LogP contribution in [0.4, 0.5) is 0 Å². The molecule has 0 amide bonds. The first-order valence-electron chi connectivity index (χ1n) is 18.0. The van der Waals surface area contributed by atoms with E-state index in [-0.39, 0.29) is 0 Å². The van der Waals surface area contributed by atoms with E-state index in [1.165, 1.54) is 38.0 Å². The number of pyridine rings is 1. The molecule has 0 radical (unpaired) electrons. The number of fused-ring (bicyclic) bond motifs is 10. The molecule has 5 aromatic heterocycles. The Bertz CT molecular complexity index is 3200. The minimum atomic E-state index is 0.771. The van der Waals surface area contributed by atoms with E-state index in [2.05, 4.69) is 184 Å². The van der Waals surface area contributed by atoms with Gasteiger partial charge in [-0.05, 0) is 85.8 Å². The van der Waals surface area contributed by atoms with Crippen molar-refractivity contribution < 1.29 is 4.42 Å². The van der Waals surface area contributed by atoms with Crippen LogP contribution in [0.15, 0.2) is 174 Å². The van der Waals surface area contributed by atoms with Crippen LogP contribution in [0.3, 0.4) is 0 Å². The highest BCUT2D eigenvalue weighted by atomic mass is 16.3. The lowest BCUT2D eigenvalue weighted by Crippen LogP contribution is -1.97. The Morgan fingerprint density at radius 1 is 0.491 bits per heavy atom. The number of aromatic nitrogens is 4. The number of hydrogen-bond donors (Lipinski definition) is 0. The molecule has 0 atom stereocenters. The van der Waals surface area contributed by atoms with Crippen LogP contribution >= 0.6 is 0 Å². The normalized spacial score (nSPS) is 12.5. The van der Waals surface area contributed by atoms with Gasteiger partial charge in [-0.2, -0.15) is 0 Å². The highest BCUT2D eigenvalue weighted by molar-refractivity contribution is 6.13. The highest BCUT2D eigenvalue weighted by Gasteiger charge is 2.20. The topological polar surface area (TPSA) is 40.8 Å². The number of furan rings is 1. The highest BCUT2D eigenvalue weighted by Crippen LogP contribution is 2.39. The molecule has 5 heteroatoms. The second-order valence-electron chi connectivity index (χ2n) is 13.6. The van der Waals surface area contributed by atoms with Crippen LogP contribution in [-0.2, 0) is 0 Å². The Hall–Kier alpha value is -7.11. The van der Waals surface area contributed by atoms with Crippen molar-refractivity contribution in [3.8, 4) is 17.2 Å². The van der Waals surface area contributed by atoms with Gasteiger partial charge in [0.15, 0.2) is 11.4 Å². The molecule has 0 aliphatic heterocycles. The fraction of sp³-hybridized carbons (Fsp3) is 0.0208. The van der Waals surface area contributed by atoms with Gasteiger partial charge in [0.05, 0.1) is 27.6 Å². The largest absolute Gasteiger partial charge is 0.452 e. The average molecular weight is 681 g/mol. The maximum Gasteiger partial charge on any atom is 0.181 e. The lowest BCUT2D eigenvalue weighted by atomic mass is 10.1. The summed E-state index contributed by atoms with van der Waals surface area (Å²) in [4.78, 5) is 4.93. The number of allylic oxidation sites excluding steroid dienone is 3. The summed E-state index contributed by atoms with van der Waals surface area (Å²) >= 11 is 0. The van der Waals surface area contributed by atoms with Gasteiger partial charge in [-0.3, -0.25) is 4.57 Å². The number of rotatable bonds is 5. The molecule has 250 valence electrons. The molecule has 5 nitrogen and oxygen atoms in total. The number of hydrogen-bond acceptors (Lipinski definition) is 2. The molecule has 5 heterocycles. The summed E-state index contributed by atoms with van der Waals surface area (Å²) in [6.07, 6.45) is 10.3. The fourth-order valence-corrected chi connectivity index (χ4v) is 8.37. The van der Waals surface area contributed by atoms with Crippen molar-refractivity contribution in [2.45, 2.75) is 6.92 Å². The molecule has 11 aromatic rings.